The molecular formula is C18H20ClN3O2. The molecule has 0 saturated carbocycles. The Balaban J connectivity index is 2.06. The average molecular weight is 346 g/mol. The molecule has 2 amide bonds. The van der Waals surface area contributed by atoms with Gasteiger partial charge in [-0.15, -0.1) is 0 Å². The molecule has 2 rings (SSSR count). The molecule has 2 aromatic carbocycles. The molecule has 3 N–H and O–H groups in total. The summed E-state index contributed by atoms with van der Waals surface area (Å²) in [5.41, 5.74) is 3.99. The van der Waals surface area contributed by atoms with Crippen LogP contribution in [-0.4, -0.2) is 18.4 Å². The number of para-hydroxylation sites is 1. The number of halogens is 1. The average Bonchev–Trinajstić information content (AvgIpc) is 2.51. The van der Waals surface area contributed by atoms with Crippen LogP contribution in [0.15, 0.2) is 36.4 Å². The maximum absolute atomic E-state index is 12.2. The van der Waals surface area contributed by atoms with Gasteiger partial charge in [0.25, 0.3) is 0 Å². The number of carbonyl (C=O) groups excluding carboxylic acids is 2. The summed E-state index contributed by atoms with van der Waals surface area (Å²) < 4.78 is 0. The quantitative estimate of drug-likeness (QED) is 0.768. The minimum atomic E-state index is -0.194. The number of aryl methyl sites for hydroxylation is 2. The Hall–Kier alpha value is -2.53. The van der Waals surface area contributed by atoms with E-state index in [0.29, 0.717) is 16.4 Å². The molecule has 0 saturated heterocycles. The second-order valence-corrected chi connectivity index (χ2v) is 5.98. The van der Waals surface area contributed by atoms with E-state index in [0.717, 1.165) is 16.8 Å². The lowest BCUT2D eigenvalue weighted by Gasteiger charge is -2.14. The third-order valence-electron chi connectivity index (χ3n) is 3.48. The molecule has 0 atom stereocenters. The van der Waals surface area contributed by atoms with Crippen molar-refractivity contribution in [3.05, 3.63) is 52.5 Å². The molecule has 0 aliphatic heterocycles. The van der Waals surface area contributed by atoms with Crippen molar-refractivity contribution in [3.8, 4) is 0 Å². The Bertz CT molecular complexity index is 755. The molecule has 0 spiro atoms. The lowest BCUT2D eigenvalue weighted by Crippen LogP contribution is -2.23. The van der Waals surface area contributed by atoms with E-state index in [1.807, 2.05) is 32.0 Å². The van der Waals surface area contributed by atoms with Gasteiger partial charge in [0, 0.05) is 17.6 Å². The van der Waals surface area contributed by atoms with E-state index in [1.165, 1.54) is 6.92 Å². The standard InChI is InChI=1S/C18H20ClN3O2/c1-11-5-4-6-12(2)18(11)22-17(24)10-20-16-9-14(19)7-8-15(16)21-13(3)23/h4-9,20H,10H2,1-3H3,(H,21,23)(H,22,24). The van der Waals surface area contributed by atoms with Gasteiger partial charge in [-0.05, 0) is 43.2 Å². The zero-order valence-electron chi connectivity index (χ0n) is 13.9. The predicted molar refractivity (Wildman–Crippen MR) is 98.8 cm³/mol. The van der Waals surface area contributed by atoms with Crippen molar-refractivity contribution in [3.63, 3.8) is 0 Å². The minimum absolute atomic E-state index is 0.0563. The van der Waals surface area contributed by atoms with Crippen LogP contribution in [0, 0.1) is 13.8 Å². The highest BCUT2D eigenvalue weighted by Crippen LogP contribution is 2.26. The number of rotatable bonds is 5. The monoisotopic (exact) mass is 345 g/mol. The smallest absolute Gasteiger partial charge is 0.243 e. The Morgan fingerprint density at radius 3 is 2.29 bits per heavy atom. The van der Waals surface area contributed by atoms with Crippen molar-refractivity contribution in [2.24, 2.45) is 0 Å². The Morgan fingerprint density at radius 2 is 1.67 bits per heavy atom. The lowest BCUT2D eigenvalue weighted by atomic mass is 10.1. The molecule has 2 aromatic rings. The van der Waals surface area contributed by atoms with Gasteiger partial charge in [-0.1, -0.05) is 29.8 Å². The van der Waals surface area contributed by atoms with Gasteiger partial charge in [-0.3, -0.25) is 9.59 Å². The first-order valence-electron chi connectivity index (χ1n) is 7.54. The highest BCUT2D eigenvalue weighted by atomic mass is 35.5. The summed E-state index contributed by atoms with van der Waals surface area (Å²) >= 11 is 5.99. The number of anilines is 3. The first-order valence-corrected chi connectivity index (χ1v) is 7.91. The summed E-state index contributed by atoms with van der Waals surface area (Å²) in [5, 5.41) is 9.13. The molecular weight excluding hydrogens is 326 g/mol. The van der Waals surface area contributed by atoms with Gasteiger partial charge >= 0.3 is 0 Å². The maximum Gasteiger partial charge on any atom is 0.243 e. The van der Waals surface area contributed by atoms with E-state index in [9.17, 15) is 9.59 Å². The molecule has 126 valence electrons. The largest absolute Gasteiger partial charge is 0.374 e. The Morgan fingerprint density at radius 1 is 1.00 bits per heavy atom. The summed E-state index contributed by atoms with van der Waals surface area (Å²) in [7, 11) is 0. The molecule has 0 bridgehead atoms. The van der Waals surface area contributed by atoms with Gasteiger partial charge in [-0.25, -0.2) is 0 Å². The van der Waals surface area contributed by atoms with E-state index in [2.05, 4.69) is 16.0 Å². The summed E-state index contributed by atoms with van der Waals surface area (Å²) in [6.07, 6.45) is 0. The second kappa shape index (κ2) is 7.84. The van der Waals surface area contributed by atoms with Crippen LogP contribution in [0.1, 0.15) is 18.1 Å². The van der Waals surface area contributed by atoms with Gasteiger partial charge < -0.3 is 16.0 Å². The van der Waals surface area contributed by atoms with Crippen molar-refractivity contribution in [1.82, 2.24) is 0 Å². The Labute approximate surface area is 146 Å². The number of benzene rings is 2. The topological polar surface area (TPSA) is 70.2 Å². The van der Waals surface area contributed by atoms with E-state index >= 15 is 0 Å². The van der Waals surface area contributed by atoms with Crippen LogP contribution in [0.2, 0.25) is 5.02 Å². The molecule has 0 aliphatic carbocycles. The molecule has 6 heteroatoms. The number of hydrogen-bond donors (Lipinski definition) is 3. The fourth-order valence-corrected chi connectivity index (χ4v) is 2.50. The van der Waals surface area contributed by atoms with Crippen molar-refractivity contribution in [2.75, 3.05) is 22.5 Å². The molecule has 0 unspecified atom stereocenters. The highest BCUT2D eigenvalue weighted by molar-refractivity contribution is 6.31. The van der Waals surface area contributed by atoms with Gasteiger partial charge in [0.2, 0.25) is 11.8 Å². The van der Waals surface area contributed by atoms with E-state index in [4.69, 9.17) is 11.6 Å². The van der Waals surface area contributed by atoms with Crippen molar-refractivity contribution in [1.29, 1.82) is 0 Å². The van der Waals surface area contributed by atoms with Crippen molar-refractivity contribution < 1.29 is 9.59 Å². The van der Waals surface area contributed by atoms with Gasteiger partial charge in [-0.2, -0.15) is 0 Å². The van der Waals surface area contributed by atoms with Crippen LogP contribution < -0.4 is 16.0 Å². The lowest BCUT2D eigenvalue weighted by molar-refractivity contribution is -0.115. The van der Waals surface area contributed by atoms with Gasteiger partial charge in [0.05, 0.1) is 17.9 Å². The third kappa shape index (κ3) is 4.73. The molecule has 24 heavy (non-hydrogen) atoms. The Kier molecular flexibility index (Phi) is 5.82. The van der Waals surface area contributed by atoms with E-state index in [-0.39, 0.29) is 18.4 Å². The van der Waals surface area contributed by atoms with E-state index < -0.39 is 0 Å². The minimum Gasteiger partial charge on any atom is -0.374 e. The fourth-order valence-electron chi connectivity index (χ4n) is 2.33. The first-order chi connectivity index (χ1) is 11.4. The zero-order chi connectivity index (χ0) is 17.7. The first kappa shape index (κ1) is 17.8. The summed E-state index contributed by atoms with van der Waals surface area (Å²) in [4.78, 5) is 23.5. The van der Waals surface area contributed by atoms with Crippen LogP contribution in [-0.2, 0) is 9.59 Å². The molecule has 0 fully saturated rings. The van der Waals surface area contributed by atoms with Crippen LogP contribution in [0.4, 0.5) is 17.1 Å². The number of carbonyl (C=O) groups is 2. The fraction of sp³-hybridized carbons (Fsp3) is 0.222. The summed E-state index contributed by atoms with van der Waals surface area (Å²) in [6.45, 7) is 5.37. The van der Waals surface area contributed by atoms with Crippen molar-refractivity contribution >= 4 is 40.5 Å². The zero-order valence-corrected chi connectivity index (χ0v) is 14.6. The maximum atomic E-state index is 12.2. The number of hydrogen-bond acceptors (Lipinski definition) is 3. The van der Waals surface area contributed by atoms with Crippen LogP contribution in [0.3, 0.4) is 0 Å². The van der Waals surface area contributed by atoms with E-state index in [1.54, 1.807) is 18.2 Å². The normalized spacial score (nSPS) is 10.2. The molecule has 0 radical (unpaired) electrons. The van der Waals surface area contributed by atoms with Crippen molar-refractivity contribution in [2.45, 2.75) is 20.8 Å². The summed E-state index contributed by atoms with van der Waals surface area (Å²) in [6, 6.07) is 10.9. The number of amides is 2. The van der Waals surface area contributed by atoms with Crippen LogP contribution >= 0.6 is 11.6 Å². The molecule has 0 aromatic heterocycles. The molecule has 0 aliphatic rings. The number of nitrogens with one attached hydrogen (secondary N) is 3. The molecule has 5 nitrogen and oxygen atoms in total. The third-order valence-corrected chi connectivity index (χ3v) is 3.71. The SMILES string of the molecule is CC(=O)Nc1ccc(Cl)cc1NCC(=O)Nc1c(C)cccc1C. The molecule has 0 heterocycles. The summed E-state index contributed by atoms with van der Waals surface area (Å²) in [5.74, 6) is -0.374. The van der Waals surface area contributed by atoms with Gasteiger partial charge in [0.1, 0.15) is 0 Å². The highest BCUT2D eigenvalue weighted by Gasteiger charge is 2.09. The van der Waals surface area contributed by atoms with Crippen LogP contribution in [0.5, 0.6) is 0 Å². The van der Waals surface area contributed by atoms with Gasteiger partial charge in [0.15, 0.2) is 0 Å². The second-order valence-electron chi connectivity index (χ2n) is 5.54. The predicted octanol–water partition coefficient (Wildman–Crippen LogP) is 3.97. The van der Waals surface area contributed by atoms with Crippen LogP contribution in [0.25, 0.3) is 0 Å².